The Morgan fingerprint density at radius 3 is 2.86 bits per heavy atom. The van der Waals surface area contributed by atoms with E-state index >= 15 is 0 Å². The van der Waals surface area contributed by atoms with Gasteiger partial charge in [-0.2, -0.15) is 11.8 Å². The highest BCUT2D eigenvalue weighted by molar-refractivity contribution is 7.99. The van der Waals surface area contributed by atoms with Crippen molar-refractivity contribution in [1.29, 1.82) is 0 Å². The summed E-state index contributed by atoms with van der Waals surface area (Å²) in [5.41, 5.74) is 0.0139. The van der Waals surface area contributed by atoms with E-state index in [-0.39, 0.29) is 5.91 Å². The van der Waals surface area contributed by atoms with E-state index < -0.39 is 11.5 Å². The van der Waals surface area contributed by atoms with Gasteiger partial charge in [0.25, 0.3) is 5.91 Å². The van der Waals surface area contributed by atoms with E-state index in [1.807, 2.05) is 12.1 Å². The number of benzene rings is 1. The monoisotopic (exact) mass is 302 g/mol. The predicted molar refractivity (Wildman–Crippen MR) is 81.5 cm³/mol. The number of pyridine rings is 1. The van der Waals surface area contributed by atoms with Crippen molar-refractivity contribution in [2.75, 3.05) is 11.5 Å². The van der Waals surface area contributed by atoms with Gasteiger partial charge in [0.2, 0.25) is 0 Å². The average Bonchev–Trinajstić information content (AvgIpc) is 2.96. The topological polar surface area (TPSA) is 79.3 Å². The van der Waals surface area contributed by atoms with E-state index in [1.165, 1.54) is 0 Å². The fourth-order valence-corrected chi connectivity index (χ4v) is 3.80. The molecule has 6 heteroatoms. The molecule has 21 heavy (non-hydrogen) atoms. The van der Waals surface area contributed by atoms with Crippen molar-refractivity contribution in [3.63, 3.8) is 0 Å². The Morgan fingerprint density at radius 2 is 2.14 bits per heavy atom. The van der Waals surface area contributed by atoms with Gasteiger partial charge in [0.15, 0.2) is 0 Å². The average molecular weight is 302 g/mol. The highest BCUT2D eigenvalue weighted by Crippen LogP contribution is 2.29. The minimum Gasteiger partial charge on any atom is -0.479 e. The number of aromatic nitrogens is 1. The molecule has 108 valence electrons. The quantitative estimate of drug-likeness (QED) is 0.905. The number of nitrogens with zero attached hydrogens (tertiary/aromatic N) is 1. The lowest BCUT2D eigenvalue weighted by molar-refractivity contribution is -0.143. The first-order valence-electron chi connectivity index (χ1n) is 6.60. The minimum absolute atomic E-state index is 0.362. The Balaban J connectivity index is 1.96. The smallest absolute Gasteiger partial charge is 0.330 e. The number of carboxylic acid groups (broad SMARTS) is 1. The number of carbonyl (C=O) groups excluding carboxylic acids is 1. The second-order valence-electron chi connectivity index (χ2n) is 5.02. The van der Waals surface area contributed by atoms with Crippen LogP contribution in [0.2, 0.25) is 0 Å². The molecule has 1 aromatic heterocycles. The molecule has 2 aromatic rings. The number of carboxylic acids is 1. The molecule has 1 aromatic carbocycles. The van der Waals surface area contributed by atoms with E-state index in [2.05, 4.69) is 10.3 Å². The second-order valence-corrected chi connectivity index (χ2v) is 6.12. The van der Waals surface area contributed by atoms with Gasteiger partial charge in [-0.3, -0.25) is 9.78 Å². The highest BCUT2D eigenvalue weighted by atomic mass is 32.2. The lowest BCUT2D eigenvalue weighted by Gasteiger charge is -2.24. The summed E-state index contributed by atoms with van der Waals surface area (Å²) in [6.45, 7) is 0. The van der Waals surface area contributed by atoms with Crippen molar-refractivity contribution >= 4 is 34.5 Å². The van der Waals surface area contributed by atoms with Gasteiger partial charge in [-0.05, 0) is 30.4 Å². The van der Waals surface area contributed by atoms with E-state index in [0.29, 0.717) is 17.7 Å². The van der Waals surface area contributed by atoms with Crippen molar-refractivity contribution < 1.29 is 14.7 Å². The zero-order valence-corrected chi connectivity index (χ0v) is 12.0. The van der Waals surface area contributed by atoms with Crippen molar-refractivity contribution in [2.45, 2.75) is 12.0 Å². The van der Waals surface area contributed by atoms with Gasteiger partial charge in [0.05, 0.1) is 5.52 Å². The number of fused-ring (bicyclic) bond motifs is 1. The van der Waals surface area contributed by atoms with Crippen LogP contribution in [0.4, 0.5) is 0 Å². The molecule has 1 amide bonds. The molecule has 0 spiro atoms. The number of amides is 1. The molecule has 5 nitrogen and oxygen atoms in total. The molecule has 0 radical (unpaired) electrons. The first-order valence-corrected chi connectivity index (χ1v) is 7.75. The van der Waals surface area contributed by atoms with Crippen LogP contribution >= 0.6 is 11.8 Å². The van der Waals surface area contributed by atoms with Crippen LogP contribution in [0.5, 0.6) is 0 Å². The molecule has 0 aliphatic carbocycles. The molecule has 1 saturated heterocycles. The van der Waals surface area contributed by atoms with Crippen molar-refractivity contribution in [2.24, 2.45) is 0 Å². The molecule has 2 heterocycles. The summed E-state index contributed by atoms with van der Waals surface area (Å²) < 4.78 is 0. The van der Waals surface area contributed by atoms with Gasteiger partial charge >= 0.3 is 5.97 Å². The molecular weight excluding hydrogens is 288 g/mol. The van der Waals surface area contributed by atoms with Crippen LogP contribution in [0.3, 0.4) is 0 Å². The highest BCUT2D eigenvalue weighted by Gasteiger charge is 2.43. The summed E-state index contributed by atoms with van der Waals surface area (Å²) in [5.74, 6) is -0.196. The zero-order chi connectivity index (χ0) is 14.9. The summed E-state index contributed by atoms with van der Waals surface area (Å²) in [6, 6.07) is 8.84. The normalized spacial score (nSPS) is 21.3. The lowest BCUT2D eigenvalue weighted by Crippen LogP contribution is -2.54. The number of aliphatic carboxylic acids is 1. The molecule has 3 rings (SSSR count). The van der Waals surface area contributed by atoms with Gasteiger partial charge in [-0.15, -0.1) is 0 Å². The van der Waals surface area contributed by atoms with Gasteiger partial charge in [-0.25, -0.2) is 4.79 Å². The molecule has 1 aliphatic heterocycles. The second kappa shape index (κ2) is 5.37. The molecule has 1 aliphatic rings. The van der Waals surface area contributed by atoms with Crippen LogP contribution in [0, 0.1) is 0 Å². The van der Waals surface area contributed by atoms with Crippen LogP contribution in [0.25, 0.3) is 10.9 Å². The Hall–Kier alpha value is -2.08. The third kappa shape index (κ3) is 2.47. The lowest BCUT2D eigenvalue weighted by atomic mass is 9.98. The Morgan fingerprint density at radius 1 is 1.29 bits per heavy atom. The standard InChI is InChI=1S/C15H14N2O3S/c18-13(17-15(14(19)20)6-8-21-9-15)11-3-1-5-12-10(11)4-2-7-16-12/h1-5,7H,6,8-9H2,(H,17,18)(H,19,20). The Kier molecular flexibility index (Phi) is 3.55. The van der Waals surface area contributed by atoms with Gasteiger partial charge in [0.1, 0.15) is 5.54 Å². The van der Waals surface area contributed by atoms with Gasteiger partial charge in [0, 0.05) is 22.9 Å². The van der Waals surface area contributed by atoms with Crippen LogP contribution in [0.15, 0.2) is 36.5 Å². The maximum absolute atomic E-state index is 12.5. The molecule has 0 bridgehead atoms. The summed E-state index contributed by atoms with van der Waals surface area (Å²) in [7, 11) is 0. The fraction of sp³-hybridized carbons (Fsp3) is 0.267. The zero-order valence-electron chi connectivity index (χ0n) is 11.2. The summed E-state index contributed by atoms with van der Waals surface area (Å²) in [5, 5.41) is 12.9. The van der Waals surface area contributed by atoms with E-state index in [9.17, 15) is 14.7 Å². The third-order valence-electron chi connectivity index (χ3n) is 3.67. The van der Waals surface area contributed by atoms with Gasteiger partial charge in [-0.1, -0.05) is 12.1 Å². The van der Waals surface area contributed by atoms with Gasteiger partial charge < -0.3 is 10.4 Å². The number of hydrogen-bond acceptors (Lipinski definition) is 4. The predicted octanol–water partition coefficient (Wildman–Crippen LogP) is 1.92. The number of hydrogen-bond donors (Lipinski definition) is 2. The molecular formula is C15H14N2O3S. The third-order valence-corrected chi connectivity index (χ3v) is 4.86. The molecule has 1 atom stereocenters. The van der Waals surface area contributed by atoms with Crippen LogP contribution in [-0.2, 0) is 4.79 Å². The SMILES string of the molecule is O=C(NC1(C(=O)O)CCSC1)c1cccc2ncccc12. The van der Waals surface area contributed by atoms with Crippen LogP contribution < -0.4 is 5.32 Å². The molecule has 0 saturated carbocycles. The van der Waals surface area contributed by atoms with Crippen LogP contribution in [-0.4, -0.2) is 39.0 Å². The Labute approximate surface area is 125 Å². The van der Waals surface area contributed by atoms with E-state index in [4.69, 9.17) is 0 Å². The summed E-state index contributed by atoms with van der Waals surface area (Å²) in [6.07, 6.45) is 2.11. The number of nitrogens with one attached hydrogen (secondary N) is 1. The maximum atomic E-state index is 12.5. The maximum Gasteiger partial charge on any atom is 0.330 e. The minimum atomic E-state index is -1.16. The summed E-state index contributed by atoms with van der Waals surface area (Å²) >= 11 is 1.54. The van der Waals surface area contributed by atoms with Crippen molar-refractivity contribution in [3.8, 4) is 0 Å². The molecule has 1 fully saturated rings. The van der Waals surface area contributed by atoms with Crippen LogP contribution in [0.1, 0.15) is 16.8 Å². The number of carbonyl (C=O) groups is 2. The van der Waals surface area contributed by atoms with E-state index in [1.54, 1.807) is 36.2 Å². The molecule has 2 N–H and O–H groups in total. The first-order chi connectivity index (χ1) is 10.1. The fourth-order valence-electron chi connectivity index (χ4n) is 2.47. The Bertz CT molecular complexity index is 706. The number of rotatable bonds is 3. The van der Waals surface area contributed by atoms with Crippen molar-refractivity contribution in [1.82, 2.24) is 10.3 Å². The largest absolute Gasteiger partial charge is 0.479 e. The number of thioether (sulfide) groups is 1. The summed E-state index contributed by atoms with van der Waals surface area (Å²) in [4.78, 5) is 28.2. The first kappa shape index (κ1) is 13.9. The molecule has 1 unspecified atom stereocenters. The van der Waals surface area contributed by atoms with E-state index in [0.717, 1.165) is 16.7 Å². The van der Waals surface area contributed by atoms with Crippen molar-refractivity contribution in [3.05, 3.63) is 42.1 Å².